The maximum absolute atomic E-state index is 11.6. The van der Waals surface area contributed by atoms with Gasteiger partial charge in [-0.1, -0.05) is 13.8 Å². The van der Waals surface area contributed by atoms with E-state index < -0.39 is 5.60 Å². The maximum atomic E-state index is 11.6. The van der Waals surface area contributed by atoms with Crippen molar-refractivity contribution in [1.82, 2.24) is 10.6 Å². The van der Waals surface area contributed by atoms with E-state index in [9.17, 15) is 4.79 Å². The predicted molar refractivity (Wildman–Crippen MR) is 92.8 cm³/mol. The Labute approximate surface area is 141 Å². The Bertz CT molecular complexity index is 316. The van der Waals surface area contributed by atoms with Gasteiger partial charge in [0.1, 0.15) is 5.60 Å². The van der Waals surface area contributed by atoms with E-state index in [1.165, 1.54) is 0 Å². The molecule has 0 spiro atoms. The molecule has 2 unspecified atom stereocenters. The zero-order chi connectivity index (χ0) is 17.9. The maximum Gasteiger partial charge on any atom is 0.407 e. The van der Waals surface area contributed by atoms with Crippen molar-refractivity contribution < 1.29 is 19.0 Å². The Hall–Kier alpha value is -0.850. The highest BCUT2D eigenvalue weighted by atomic mass is 16.6. The van der Waals surface area contributed by atoms with Crippen LogP contribution in [0.25, 0.3) is 0 Å². The van der Waals surface area contributed by atoms with Gasteiger partial charge in [-0.15, -0.1) is 0 Å². The minimum atomic E-state index is -0.463. The molecule has 0 saturated heterocycles. The Morgan fingerprint density at radius 1 is 1.09 bits per heavy atom. The van der Waals surface area contributed by atoms with E-state index in [-0.39, 0.29) is 12.1 Å². The number of carbonyl (C=O) groups excluding carboxylic acids is 1. The lowest BCUT2D eigenvalue weighted by Gasteiger charge is -2.28. The molecule has 0 aromatic carbocycles. The first kappa shape index (κ1) is 22.1. The number of alkyl carbamates (subject to hydrolysis) is 1. The first-order valence-corrected chi connectivity index (χ1v) is 8.40. The molecule has 0 rings (SSSR count). The fraction of sp³-hybridized carbons (Fsp3) is 0.941. The van der Waals surface area contributed by atoms with Crippen molar-refractivity contribution in [3.63, 3.8) is 0 Å². The van der Waals surface area contributed by atoms with Crippen LogP contribution in [-0.2, 0) is 14.2 Å². The molecule has 0 bridgehead atoms. The number of methoxy groups -OCH3 is 2. The largest absolute Gasteiger partial charge is 0.444 e. The van der Waals surface area contributed by atoms with Crippen molar-refractivity contribution in [3.05, 3.63) is 0 Å². The summed E-state index contributed by atoms with van der Waals surface area (Å²) in [4.78, 5) is 11.6. The lowest BCUT2D eigenvalue weighted by atomic mass is 10.0. The van der Waals surface area contributed by atoms with Gasteiger partial charge in [0.15, 0.2) is 0 Å². The summed E-state index contributed by atoms with van der Waals surface area (Å²) in [6, 6.07) is 0.530. The number of amides is 1. The summed E-state index contributed by atoms with van der Waals surface area (Å²) < 4.78 is 15.8. The average molecular weight is 332 g/mol. The predicted octanol–water partition coefficient (Wildman–Crippen LogP) is 2.57. The van der Waals surface area contributed by atoms with Crippen molar-refractivity contribution in [3.8, 4) is 0 Å². The summed E-state index contributed by atoms with van der Waals surface area (Å²) >= 11 is 0. The number of nitrogens with one attached hydrogen (secondary N) is 2. The van der Waals surface area contributed by atoms with Gasteiger partial charge in [-0.05, 0) is 39.5 Å². The average Bonchev–Trinajstić information content (AvgIpc) is 2.40. The normalized spacial score (nSPS) is 14.6. The van der Waals surface area contributed by atoms with E-state index in [1.807, 2.05) is 20.8 Å². The van der Waals surface area contributed by atoms with Crippen molar-refractivity contribution in [2.24, 2.45) is 5.92 Å². The SMILES string of the molecule is COCC(CCCNC(=O)OC(C)(C)C)NC(COC)C(C)C. The standard InChI is InChI=1S/C17H36N2O4/c1-13(2)15(12-22-7)19-14(11-21-6)9-8-10-18-16(20)23-17(3,4)5/h13-15,19H,8-12H2,1-7H3,(H,18,20). The second-order valence-electron chi connectivity index (χ2n) is 7.20. The fourth-order valence-electron chi connectivity index (χ4n) is 2.18. The molecule has 0 saturated carbocycles. The third-order valence-corrected chi connectivity index (χ3v) is 3.37. The second-order valence-corrected chi connectivity index (χ2v) is 7.20. The van der Waals surface area contributed by atoms with Gasteiger partial charge in [-0.2, -0.15) is 0 Å². The van der Waals surface area contributed by atoms with E-state index in [2.05, 4.69) is 24.5 Å². The molecule has 138 valence electrons. The number of carbonyl (C=O) groups is 1. The first-order chi connectivity index (χ1) is 10.7. The lowest BCUT2D eigenvalue weighted by molar-refractivity contribution is 0.0525. The van der Waals surface area contributed by atoms with Crippen LogP contribution in [0.1, 0.15) is 47.5 Å². The van der Waals surface area contributed by atoms with Gasteiger partial charge in [0.05, 0.1) is 13.2 Å². The molecule has 2 atom stereocenters. The minimum Gasteiger partial charge on any atom is -0.444 e. The van der Waals surface area contributed by atoms with Gasteiger partial charge < -0.3 is 24.8 Å². The van der Waals surface area contributed by atoms with Gasteiger partial charge in [-0.3, -0.25) is 0 Å². The smallest absolute Gasteiger partial charge is 0.407 e. The Balaban J connectivity index is 4.15. The van der Waals surface area contributed by atoms with Crippen LogP contribution in [0.5, 0.6) is 0 Å². The van der Waals surface area contributed by atoms with Crippen LogP contribution in [-0.4, -0.2) is 57.8 Å². The topological polar surface area (TPSA) is 68.8 Å². The van der Waals surface area contributed by atoms with Crippen LogP contribution >= 0.6 is 0 Å². The fourth-order valence-corrected chi connectivity index (χ4v) is 2.18. The van der Waals surface area contributed by atoms with Crippen LogP contribution in [0.15, 0.2) is 0 Å². The number of rotatable bonds is 11. The zero-order valence-electron chi connectivity index (χ0n) is 15.9. The molecule has 0 aromatic rings. The van der Waals surface area contributed by atoms with Gasteiger partial charge in [0.2, 0.25) is 0 Å². The molecule has 1 amide bonds. The number of hydrogen-bond donors (Lipinski definition) is 2. The molecule has 0 heterocycles. The van der Waals surface area contributed by atoms with Gasteiger partial charge in [0.25, 0.3) is 0 Å². The molecule has 6 heteroatoms. The highest BCUT2D eigenvalue weighted by Crippen LogP contribution is 2.08. The van der Waals surface area contributed by atoms with E-state index in [1.54, 1.807) is 14.2 Å². The van der Waals surface area contributed by atoms with E-state index in [4.69, 9.17) is 14.2 Å². The summed E-state index contributed by atoms with van der Waals surface area (Å²) in [5.41, 5.74) is -0.463. The van der Waals surface area contributed by atoms with Crippen molar-refractivity contribution in [2.75, 3.05) is 34.0 Å². The van der Waals surface area contributed by atoms with Gasteiger partial charge in [-0.25, -0.2) is 4.79 Å². The van der Waals surface area contributed by atoms with E-state index in [0.29, 0.717) is 31.7 Å². The summed E-state index contributed by atoms with van der Waals surface area (Å²) in [5.74, 6) is 0.481. The highest BCUT2D eigenvalue weighted by Gasteiger charge is 2.19. The second kappa shape index (κ2) is 11.6. The molecular formula is C17H36N2O4. The zero-order valence-corrected chi connectivity index (χ0v) is 15.9. The van der Waals surface area contributed by atoms with Crippen molar-refractivity contribution in [1.29, 1.82) is 0 Å². The molecule has 23 heavy (non-hydrogen) atoms. The Kier molecular flexibility index (Phi) is 11.2. The van der Waals surface area contributed by atoms with Gasteiger partial charge >= 0.3 is 6.09 Å². The molecule has 2 N–H and O–H groups in total. The highest BCUT2D eigenvalue weighted by molar-refractivity contribution is 5.67. The molecule has 0 aromatic heterocycles. The minimum absolute atomic E-state index is 0.239. The molecule has 0 fully saturated rings. The summed E-state index contributed by atoms with van der Waals surface area (Å²) in [7, 11) is 3.42. The van der Waals surface area contributed by atoms with Crippen LogP contribution in [0.3, 0.4) is 0 Å². The molecule has 0 aliphatic rings. The van der Waals surface area contributed by atoms with Gasteiger partial charge in [0, 0.05) is 32.8 Å². The lowest BCUT2D eigenvalue weighted by Crippen LogP contribution is -2.46. The quantitative estimate of drug-likeness (QED) is 0.569. The van der Waals surface area contributed by atoms with Crippen molar-refractivity contribution >= 4 is 6.09 Å². The third kappa shape index (κ3) is 12.3. The molecule has 0 aliphatic carbocycles. The van der Waals surface area contributed by atoms with Crippen LogP contribution in [0, 0.1) is 5.92 Å². The first-order valence-electron chi connectivity index (χ1n) is 8.40. The van der Waals surface area contributed by atoms with E-state index >= 15 is 0 Å². The van der Waals surface area contributed by atoms with Crippen LogP contribution < -0.4 is 10.6 Å². The molecule has 0 aliphatic heterocycles. The Morgan fingerprint density at radius 3 is 2.17 bits per heavy atom. The van der Waals surface area contributed by atoms with Crippen LogP contribution in [0.2, 0.25) is 0 Å². The number of hydrogen-bond acceptors (Lipinski definition) is 5. The van der Waals surface area contributed by atoms with Crippen LogP contribution in [0.4, 0.5) is 4.79 Å². The molecule has 6 nitrogen and oxygen atoms in total. The summed E-state index contributed by atoms with van der Waals surface area (Å²) in [6.45, 7) is 11.8. The third-order valence-electron chi connectivity index (χ3n) is 3.37. The number of ether oxygens (including phenoxy) is 3. The summed E-state index contributed by atoms with van der Waals surface area (Å²) in [5, 5.41) is 6.37. The monoisotopic (exact) mass is 332 g/mol. The van der Waals surface area contributed by atoms with Crippen molar-refractivity contribution in [2.45, 2.75) is 65.1 Å². The van der Waals surface area contributed by atoms with E-state index in [0.717, 1.165) is 12.8 Å². The Morgan fingerprint density at radius 2 is 1.70 bits per heavy atom. The molecule has 0 radical (unpaired) electrons. The molecular weight excluding hydrogens is 296 g/mol. The summed E-state index contributed by atoms with van der Waals surface area (Å²) in [6.07, 6.45) is 1.41.